The lowest BCUT2D eigenvalue weighted by Gasteiger charge is -2.24. The second kappa shape index (κ2) is 6.89. The van der Waals surface area contributed by atoms with Crippen molar-refractivity contribution in [3.8, 4) is 0 Å². The van der Waals surface area contributed by atoms with E-state index in [1.807, 2.05) is 0 Å². The minimum atomic E-state index is 0.559. The molecule has 0 fully saturated rings. The molecule has 0 aliphatic heterocycles. The Balaban J connectivity index is 3.51. The van der Waals surface area contributed by atoms with Gasteiger partial charge in [-0.3, -0.25) is 4.90 Å². The lowest BCUT2D eigenvalue weighted by atomic mass is 10.3. The lowest BCUT2D eigenvalue weighted by molar-refractivity contribution is 0.134. The zero-order chi connectivity index (χ0) is 8.69. The van der Waals surface area contributed by atoms with Gasteiger partial charge in [-0.2, -0.15) is 0 Å². The van der Waals surface area contributed by atoms with Crippen LogP contribution in [-0.2, 0) is 4.74 Å². The van der Waals surface area contributed by atoms with Gasteiger partial charge in [-0.1, -0.05) is 0 Å². The molecule has 0 N–H and O–H groups in total. The number of rotatable bonds is 6. The number of hydrogen-bond donors (Lipinski definition) is 0. The summed E-state index contributed by atoms with van der Waals surface area (Å²) in [5.41, 5.74) is 0. The van der Waals surface area contributed by atoms with Crippen molar-refractivity contribution in [3.05, 3.63) is 0 Å². The summed E-state index contributed by atoms with van der Waals surface area (Å²) >= 11 is 5.64. The molecule has 0 aliphatic carbocycles. The Bertz CT molecular complexity index is 88.2. The molecule has 0 spiro atoms. The molecule has 11 heavy (non-hydrogen) atoms. The number of nitrogens with zero attached hydrogens (tertiary/aromatic N) is 1. The average molecular weight is 180 g/mol. The highest BCUT2D eigenvalue weighted by Gasteiger charge is 2.06. The van der Waals surface area contributed by atoms with E-state index in [1.165, 1.54) is 0 Å². The van der Waals surface area contributed by atoms with E-state index in [2.05, 4.69) is 18.7 Å². The quantitative estimate of drug-likeness (QED) is 0.575. The molecule has 0 aromatic carbocycles. The van der Waals surface area contributed by atoms with Crippen LogP contribution >= 0.6 is 11.6 Å². The molecule has 0 saturated heterocycles. The molecule has 0 unspecified atom stereocenters. The molecule has 0 atom stereocenters. The smallest absolute Gasteiger partial charge is 0.0589 e. The first-order valence-electron chi connectivity index (χ1n) is 4.01. The van der Waals surface area contributed by atoms with Crippen molar-refractivity contribution in [1.29, 1.82) is 0 Å². The molecule has 2 nitrogen and oxygen atoms in total. The Hall–Kier alpha value is 0.210. The highest BCUT2D eigenvalue weighted by Crippen LogP contribution is 1.97. The van der Waals surface area contributed by atoms with Gasteiger partial charge in [0.05, 0.1) is 6.61 Å². The molecule has 0 aromatic rings. The molecule has 0 aliphatic rings. The van der Waals surface area contributed by atoms with E-state index in [0.29, 0.717) is 11.9 Å². The van der Waals surface area contributed by atoms with Gasteiger partial charge in [0.15, 0.2) is 0 Å². The number of methoxy groups -OCH3 is 1. The Morgan fingerprint density at radius 3 is 2.36 bits per heavy atom. The summed E-state index contributed by atoms with van der Waals surface area (Å²) in [4.78, 5) is 2.30. The van der Waals surface area contributed by atoms with E-state index in [0.717, 1.165) is 19.7 Å². The minimum Gasteiger partial charge on any atom is -0.383 e. The Morgan fingerprint density at radius 2 is 2.00 bits per heavy atom. The van der Waals surface area contributed by atoms with Gasteiger partial charge in [-0.15, -0.1) is 11.6 Å². The highest BCUT2D eigenvalue weighted by molar-refractivity contribution is 6.18. The first kappa shape index (κ1) is 11.2. The van der Waals surface area contributed by atoms with Crippen molar-refractivity contribution < 1.29 is 4.74 Å². The summed E-state index contributed by atoms with van der Waals surface area (Å²) in [6.07, 6.45) is 0. The molecule has 68 valence electrons. The van der Waals surface area contributed by atoms with E-state index < -0.39 is 0 Å². The zero-order valence-electron chi connectivity index (χ0n) is 7.64. The predicted molar refractivity (Wildman–Crippen MR) is 49.3 cm³/mol. The monoisotopic (exact) mass is 179 g/mol. The summed E-state index contributed by atoms with van der Waals surface area (Å²) in [5.74, 6) is 0.696. The molecule has 0 radical (unpaired) electrons. The van der Waals surface area contributed by atoms with Crippen LogP contribution in [0, 0.1) is 0 Å². The van der Waals surface area contributed by atoms with Crippen LogP contribution in [0.5, 0.6) is 0 Å². The van der Waals surface area contributed by atoms with Crippen molar-refractivity contribution in [2.75, 3.05) is 32.7 Å². The fourth-order valence-corrected chi connectivity index (χ4v) is 1.16. The fourth-order valence-electron chi connectivity index (χ4n) is 0.945. The first-order valence-corrected chi connectivity index (χ1v) is 4.54. The van der Waals surface area contributed by atoms with Gasteiger partial charge in [0.1, 0.15) is 0 Å². The third kappa shape index (κ3) is 5.48. The molecule has 0 amide bonds. The molecule has 3 heteroatoms. The maximum Gasteiger partial charge on any atom is 0.0589 e. The van der Waals surface area contributed by atoms with Gasteiger partial charge in [-0.25, -0.2) is 0 Å². The number of hydrogen-bond acceptors (Lipinski definition) is 2. The average Bonchev–Trinajstić information content (AvgIpc) is 1.97. The van der Waals surface area contributed by atoms with Gasteiger partial charge in [0.2, 0.25) is 0 Å². The molecule has 0 rings (SSSR count). The topological polar surface area (TPSA) is 12.5 Å². The normalized spacial score (nSPS) is 11.5. The predicted octanol–water partition coefficient (Wildman–Crippen LogP) is 1.58. The van der Waals surface area contributed by atoms with Crippen LogP contribution in [0.3, 0.4) is 0 Å². The van der Waals surface area contributed by atoms with Crippen LogP contribution in [0.1, 0.15) is 13.8 Å². The van der Waals surface area contributed by atoms with Gasteiger partial charge >= 0.3 is 0 Å². The molecule has 0 heterocycles. The van der Waals surface area contributed by atoms with Crippen LogP contribution < -0.4 is 0 Å². The summed E-state index contributed by atoms with van der Waals surface area (Å²) < 4.78 is 4.98. The minimum absolute atomic E-state index is 0.559. The number of alkyl halides is 1. The Labute approximate surface area is 74.5 Å². The summed E-state index contributed by atoms with van der Waals surface area (Å²) in [6.45, 7) is 7.04. The standard InChI is InChI=1S/C8H18ClNO/c1-8(2)10(5-4-9)6-7-11-3/h8H,4-7H2,1-3H3. The maximum atomic E-state index is 5.64. The molecule has 0 bridgehead atoms. The van der Waals surface area contributed by atoms with E-state index >= 15 is 0 Å². The van der Waals surface area contributed by atoms with Crippen molar-refractivity contribution in [1.82, 2.24) is 4.90 Å². The van der Waals surface area contributed by atoms with Crippen LogP contribution in [-0.4, -0.2) is 43.6 Å². The van der Waals surface area contributed by atoms with E-state index in [9.17, 15) is 0 Å². The molecule has 0 aromatic heterocycles. The Morgan fingerprint density at radius 1 is 1.36 bits per heavy atom. The largest absolute Gasteiger partial charge is 0.383 e. The third-order valence-corrected chi connectivity index (χ3v) is 1.85. The van der Waals surface area contributed by atoms with Crippen LogP contribution in [0.4, 0.5) is 0 Å². The van der Waals surface area contributed by atoms with Crippen LogP contribution in [0.2, 0.25) is 0 Å². The molecule has 0 saturated carbocycles. The fraction of sp³-hybridized carbons (Fsp3) is 1.00. The van der Waals surface area contributed by atoms with Gasteiger partial charge < -0.3 is 4.74 Å². The Kier molecular flexibility index (Phi) is 7.02. The van der Waals surface area contributed by atoms with Gasteiger partial charge in [-0.05, 0) is 13.8 Å². The summed E-state index contributed by atoms with van der Waals surface area (Å²) in [5, 5.41) is 0. The zero-order valence-corrected chi connectivity index (χ0v) is 8.40. The number of halogens is 1. The summed E-state index contributed by atoms with van der Waals surface area (Å²) in [7, 11) is 1.72. The van der Waals surface area contributed by atoms with Crippen molar-refractivity contribution in [3.63, 3.8) is 0 Å². The SMILES string of the molecule is COCCN(CCCl)C(C)C. The van der Waals surface area contributed by atoms with E-state index in [4.69, 9.17) is 16.3 Å². The van der Waals surface area contributed by atoms with Gasteiger partial charge in [0, 0.05) is 32.1 Å². The van der Waals surface area contributed by atoms with Crippen LogP contribution in [0.25, 0.3) is 0 Å². The third-order valence-electron chi connectivity index (χ3n) is 1.68. The summed E-state index contributed by atoms with van der Waals surface area (Å²) in [6, 6.07) is 0.559. The van der Waals surface area contributed by atoms with Crippen LogP contribution in [0.15, 0.2) is 0 Å². The van der Waals surface area contributed by atoms with E-state index in [1.54, 1.807) is 7.11 Å². The van der Waals surface area contributed by atoms with Crippen molar-refractivity contribution >= 4 is 11.6 Å². The van der Waals surface area contributed by atoms with Crippen molar-refractivity contribution in [2.45, 2.75) is 19.9 Å². The van der Waals surface area contributed by atoms with E-state index in [-0.39, 0.29) is 0 Å². The second-order valence-corrected chi connectivity index (χ2v) is 3.19. The lowest BCUT2D eigenvalue weighted by Crippen LogP contribution is -2.35. The maximum absolute atomic E-state index is 5.64. The highest BCUT2D eigenvalue weighted by atomic mass is 35.5. The molecular weight excluding hydrogens is 162 g/mol. The number of ether oxygens (including phenoxy) is 1. The van der Waals surface area contributed by atoms with Gasteiger partial charge in [0.25, 0.3) is 0 Å². The first-order chi connectivity index (χ1) is 5.22. The van der Waals surface area contributed by atoms with Crippen molar-refractivity contribution in [2.24, 2.45) is 0 Å². The second-order valence-electron chi connectivity index (χ2n) is 2.81. The molecular formula is C8H18ClNO.